The monoisotopic (exact) mass is 456 g/mol. The molecule has 3 heterocycles. The van der Waals surface area contributed by atoms with Crippen molar-refractivity contribution in [3.05, 3.63) is 82.8 Å². The molecule has 11 heteroatoms. The van der Waals surface area contributed by atoms with Crippen LogP contribution in [-0.2, 0) is 20.0 Å². The Hall–Kier alpha value is -4.02. The molecule has 5 rings (SSSR count). The molecule has 0 fully saturated rings. The van der Waals surface area contributed by atoms with Crippen LogP contribution in [0.5, 0.6) is 0 Å². The molecule has 4 aromatic rings. The van der Waals surface area contributed by atoms with Gasteiger partial charge in [-0.05, 0) is 30.7 Å². The fourth-order valence-electron chi connectivity index (χ4n) is 4.11. The van der Waals surface area contributed by atoms with Gasteiger partial charge in [-0.1, -0.05) is 0 Å². The summed E-state index contributed by atoms with van der Waals surface area (Å²) in [6.45, 7) is 0.428. The number of rotatable bonds is 3. The fraction of sp³-hybridized carbons (Fsp3) is 0.182. The molecule has 168 valence electrons. The van der Waals surface area contributed by atoms with Crippen LogP contribution in [0, 0.1) is 23.3 Å². The number of carbonyl (C=O) groups excluding carboxylic acids is 1. The molecule has 1 amide bonds. The third-order valence-corrected chi connectivity index (χ3v) is 5.57. The van der Waals surface area contributed by atoms with Crippen molar-refractivity contribution in [1.29, 1.82) is 0 Å². The van der Waals surface area contributed by atoms with E-state index < -0.39 is 23.3 Å². The zero-order valence-corrected chi connectivity index (χ0v) is 17.3. The van der Waals surface area contributed by atoms with Crippen molar-refractivity contribution in [2.75, 3.05) is 6.54 Å². The number of aromatic nitrogens is 5. The molecule has 2 aromatic carbocycles. The summed E-state index contributed by atoms with van der Waals surface area (Å²) < 4.78 is 56.3. The molecule has 1 aliphatic rings. The number of hydrogen-bond donors (Lipinski definition) is 0. The number of carbonyl (C=O) groups is 1. The first kappa shape index (κ1) is 20.9. The standard InChI is InChI=1S/C22H16F4N6O/c1-30-21(12-8-16(24)20(26)17(25)9-12)14-4-7-31(11-18(14)29-30)22(33)15-3-2-13(23)10-19(15)32-27-5-6-28-32/h2-3,5-6,8-10H,4,7,11H2,1H3. The van der Waals surface area contributed by atoms with Crippen LogP contribution in [0.3, 0.4) is 0 Å². The Morgan fingerprint density at radius 2 is 1.70 bits per heavy atom. The highest BCUT2D eigenvalue weighted by molar-refractivity contribution is 5.97. The van der Waals surface area contributed by atoms with E-state index in [9.17, 15) is 22.4 Å². The lowest BCUT2D eigenvalue weighted by atomic mass is 9.99. The van der Waals surface area contributed by atoms with Gasteiger partial charge in [-0.3, -0.25) is 9.48 Å². The molecule has 0 aliphatic carbocycles. The summed E-state index contributed by atoms with van der Waals surface area (Å²) in [6.07, 6.45) is 3.20. The molecular weight excluding hydrogens is 440 g/mol. The fourth-order valence-corrected chi connectivity index (χ4v) is 4.11. The summed E-state index contributed by atoms with van der Waals surface area (Å²) in [4.78, 5) is 16.0. The molecule has 0 saturated carbocycles. The van der Waals surface area contributed by atoms with Crippen molar-refractivity contribution in [3.63, 3.8) is 0 Å². The number of benzene rings is 2. The zero-order valence-electron chi connectivity index (χ0n) is 17.3. The molecule has 1 aliphatic heterocycles. The van der Waals surface area contributed by atoms with E-state index in [-0.39, 0.29) is 29.3 Å². The van der Waals surface area contributed by atoms with Gasteiger partial charge in [0.15, 0.2) is 17.5 Å². The van der Waals surface area contributed by atoms with Crippen LogP contribution in [0.1, 0.15) is 21.6 Å². The summed E-state index contributed by atoms with van der Waals surface area (Å²) in [5.74, 6) is -5.01. The van der Waals surface area contributed by atoms with Crippen LogP contribution >= 0.6 is 0 Å². The highest BCUT2D eigenvalue weighted by Gasteiger charge is 2.29. The predicted molar refractivity (Wildman–Crippen MR) is 108 cm³/mol. The Labute approximate surface area is 184 Å². The number of nitrogens with zero attached hydrogens (tertiary/aromatic N) is 6. The van der Waals surface area contributed by atoms with Crippen LogP contribution in [-0.4, -0.2) is 42.1 Å². The average Bonchev–Trinajstić information content (AvgIpc) is 3.43. The Morgan fingerprint density at radius 1 is 1.00 bits per heavy atom. The van der Waals surface area contributed by atoms with E-state index in [2.05, 4.69) is 15.3 Å². The van der Waals surface area contributed by atoms with Crippen LogP contribution in [0.15, 0.2) is 42.7 Å². The topological polar surface area (TPSA) is 68.8 Å². The molecule has 0 N–H and O–H groups in total. The highest BCUT2D eigenvalue weighted by atomic mass is 19.2. The van der Waals surface area contributed by atoms with E-state index in [0.29, 0.717) is 24.4 Å². The predicted octanol–water partition coefficient (Wildman–Crippen LogP) is 3.42. The Kier molecular flexibility index (Phi) is 4.95. The van der Waals surface area contributed by atoms with E-state index in [1.165, 1.54) is 40.1 Å². The van der Waals surface area contributed by atoms with Crippen LogP contribution in [0.25, 0.3) is 16.9 Å². The number of hydrogen-bond acceptors (Lipinski definition) is 4. The lowest BCUT2D eigenvalue weighted by Crippen LogP contribution is -2.36. The normalized spacial score (nSPS) is 13.3. The van der Waals surface area contributed by atoms with Gasteiger partial charge >= 0.3 is 0 Å². The third-order valence-electron chi connectivity index (χ3n) is 5.57. The largest absolute Gasteiger partial charge is 0.332 e. The van der Waals surface area contributed by atoms with Gasteiger partial charge in [0.1, 0.15) is 11.5 Å². The van der Waals surface area contributed by atoms with Crippen molar-refractivity contribution in [2.45, 2.75) is 13.0 Å². The molecule has 2 aromatic heterocycles. The van der Waals surface area contributed by atoms with E-state index in [4.69, 9.17) is 0 Å². The molecule has 0 atom stereocenters. The third kappa shape index (κ3) is 3.55. The Balaban J connectivity index is 1.48. The minimum Gasteiger partial charge on any atom is -0.332 e. The first-order valence-corrected chi connectivity index (χ1v) is 9.98. The van der Waals surface area contributed by atoms with Gasteiger partial charge in [0.2, 0.25) is 0 Å². The van der Waals surface area contributed by atoms with Gasteiger partial charge in [0.05, 0.1) is 35.9 Å². The Bertz CT molecular complexity index is 1360. The lowest BCUT2D eigenvalue weighted by Gasteiger charge is -2.27. The van der Waals surface area contributed by atoms with E-state index in [0.717, 1.165) is 17.7 Å². The van der Waals surface area contributed by atoms with Crippen molar-refractivity contribution in [3.8, 4) is 16.9 Å². The van der Waals surface area contributed by atoms with Crippen LogP contribution in [0.4, 0.5) is 17.6 Å². The second-order valence-corrected chi connectivity index (χ2v) is 7.61. The SMILES string of the molecule is Cn1nc2c(c1-c1cc(F)c(F)c(F)c1)CCN(C(=O)c1ccc(F)cc1-n1nccn1)C2. The zero-order chi connectivity index (χ0) is 23.3. The van der Waals surface area contributed by atoms with Gasteiger partial charge in [-0.15, -0.1) is 0 Å². The van der Waals surface area contributed by atoms with Gasteiger partial charge in [-0.2, -0.15) is 20.1 Å². The number of amides is 1. The van der Waals surface area contributed by atoms with Crippen molar-refractivity contribution in [1.82, 2.24) is 29.7 Å². The molecule has 0 spiro atoms. The summed E-state index contributed by atoms with van der Waals surface area (Å²) in [5.41, 5.74) is 2.31. The average molecular weight is 456 g/mol. The lowest BCUT2D eigenvalue weighted by molar-refractivity contribution is 0.0732. The molecular formula is C22H16F4N6O. The maximum absolute atomic E-state index is 13.8. The second-order valence-electron chi connectivity index (χ2n) is 7.61. The van der Waals surface area contributed by atoms with E-state index in [1.54, 1.807) is 11.9 Å². The summed E-state index contributed by atoms with van der Waals surface area (Å²) in [6, 6.07) is 5.59. The number of halogens is 4. The molecule has 0 saturated heterocycles. The maximum atomic E-state index is 13.8. The maximum Gasteiger partial charge on any atom is 0.256 e. The first-order chi connectivity index (χ1) is 15.8. The van der Waals surface area contributed by atoms with Crippen LogP contribution < -0.4 is 0 Å². The van der Waals surface area contributed by atoms with Crippen molar-refractivity contribution >= 4 is 5.91 Å². The highest BCUT2D eigenvalue weighted by Crippen LogP contribution is 2.32. The summed E-state index contributed by atoms with van der Waals surface area (Å²) >= 11 is 0. The Morgan fingerprint density at radius 3 is 2.39 bits per heavy atom. The molecule has 0 unspecified atom stereocenters. The minimum absolute atomic E-state index is 0.136. The van der Waals surface area contributed by atoms with E-state index >= 15 is 0 Å². The number of aryl methyl sites for hydroxylation is 1. The summed E-state index contributed by atoms with van der Waals surface area (Å²) in [5, 5.41) is 12.4. The van der Waals surface area contributed by atoms with Gasteiger partial charge in [-0.25, -0.2) is 17.6 Å². The first-order valence-electron chi connectivity index (χ1n) is 9.98. The minimum atomic E-state index is -1.53. The molecule has 0 bridgehead atoms. The van der Waals surface area contributed by atoms with Crippen LogP contribution in [0.2, 0.25) is 0 Å². The number of fused-ring (bicyclic) bond motifs is 1. The second kappa shape index (κ2) is 7.84. The van der Waals surface area contributed by atoms with Gasteiger partial charge in [0.25, 0.3) is 5.91 Å². The van der Waals surface area contributed by atoms with Gasteiger partial charge in [0, 0.05) is 30.8 Å². The molecule has 33 heavy (non-hydrogen) atoms. The van der Waals surface area contributed by atoms with E-state index in [1.807, 2.05) is 0 Å². The van der Waals surface area contributed by atoms with Crippen molar-refractivity contribution < 1.29 is 22.4 Å². The van der Waals surface area contributed by atoms with Crippen molar-refractivity contribution in [2.24, 2.45) is 7.05 Å². The smallest absolute Gasteiger partial charge is 0.256 e. The molecule has 0 radical (unpaired) electrons. The summed E-state index contributed by atoms with van der Waals surface area (Å²) in [7, 11) is 1.61. The molecule has 7 nitrogen and oxygen atoms in total. The van der Waals surface area contributed by atoms with Gasteiger partial charge < -0.3 is 4.90 Å². The quantitative estimate of drug-likeness (QED) is 0.350.